The number of amides is 2. The van der Waals surface area contributed by atoms with E-state index in [1.54, 1.807) is 4.90 Å². The van der Waals surface area contributed by atoms with Crippen LogP contribution in [0.5, 0.6) is 0 Å². The maximum Gasteiger partial charge on any atom is 0.254 e. The van der Waals surface area contributed by atoms with E-state index in [1.165, 1.54) is 5.56 Å². The number of rotatable bonds is 3. The molecule has 2 saturated heterocycles. The lowest BCUT2D eigenvalue weighted by molar-refractivity contribution is -0.117. The Morgan fingerprint density at radius 1 is 0.920 bits per heavy atom. The highest BCUT2D eigenvalue weighted by atomic mass is 16.2. The van der Waals surface area contributed by atoms with Crippen LogP contribution in [0.1, 0.15) is 47.6 Å². The van der Waals surface area contributed by atoms with Gasteiger partial charge in [-0.3, -0.25) is 9.59 Å². The number of likely N-dealkylation sites (tertiary alicyclic amines) is 1. The van der Waals surface area contributed by atoms with Gasteiger partial charge in [0.15, 0.2) is 0 Å². The zero-order valence-electron chi connectivity index (χ0n) is 14.2. The highest BCUT2D eigenvalue weighted by Gasteiger charge is 2.30. The van der Waals surface area contributed by atoms with E-state index in [1.807, 2.05) is 47.4 Å². The first kappa shape index (κ1) is 15.9. The molecule has 2 aliphatic rings. The molecule has 25 heavy (non-hydrogen) atoms. The number of benzene rings is 2. The fraction of sp³-hybridized carbons (Fsp3) is 0.333. The maximum atomic E-state index is 13.0. The van der Waals surface area contributed by atoms with E-state index in [2.05, 4.69) is 12.1 Å². The van der Waals surface area contributed by atoms with E-state index >= 15 is 0 Å². The Hall–Kier alpha value is -2.62. The van der Waals surface area contributed by atoms with Crippen LogP contribution >= 0.6 is 0 Å². The van der Waals surface area contributed by atoms with Crippen LogP contribution in [0.3, 0.4) is 0 Å². The first-order chi connectivity index (χ1) is 12.2. The summed E-state index contributed by atoms with van der Waals surface area (Å²) in [6.07, 6.45) is 3.57. The number of hydrogen-bond acceptors (Lipinski definition) is 2. The van der Waals surface area contributed by atoms with Gasteiger partial charge >= 0.3 is 0 Å². The Kier molecular flexibility index (Phi) is 4.26. The van der Waals surface area contributed by atoms with Crippen LogP contribution in [-0.2, 0) is 4.79 Å². The van der Waals surface area contributed by atoms with Crippen molar-refractivity contribution < 1.29 is 9.59 Å². The van der Waals surface area contributed by atoms with Crippen LogP contribution in [0, 0.1) is 0 Å². The number of nitrogens with zero attached hydrogens (tertiary/aromatic N) is 2. The largest absolute Gasteiger partial charge is 0.332 e. The molecule has 0 saturated carbocycles. The number of hydrogen-bond donors (Lipinski definition) is 0. The van der Waals surface area contributed by atoms with Gasteiger partial charge in [-0.25, -0.2) is 0 Å². The molecule has 0 aromatic heterocycles. The Balaban J connectivity index is 1.53. The molecule has 4 heteroatoms. The molecule has 2 aromatic rings. The minimum atomic E-state index is 0.0747. The summed E-state index contributed by atoms with van der Waals surface area (Å²) < 4.78 is 0. The molecule has 4 rings (SSSR count). The third-order valence-corrected chi connectivity index (χ3v) is 5.20. The van der Waals surface area contributed by atoms with Crippen molar-refractivity contribution in [3.05, 3.63) is 65.7 Å². The molecule has 4 nitrogen and oxygen atoms in total. The van der Waals surface area contributed by atoms with Crippen molar-refractivity contribution in [2.24, 2.45) is 0 Å². The summed E-state index contributed by atoms with van der Waals surface area (Å²) >= 11 is 0. The maximum absolute atomic E-state index is 13.0. The fourth-order valence-corrected chi connectivity index (χ4v) is 3.90. The van der Waals surface area contributed by atoms with Crippen LogP contribution < -0.4 is 4.90 Å². The quantitative estimate of drug-likeness (QED) is 0.857. The second-order valence-corrected chi connectivity index (χ2v) is 6.76. The van der Waals surface area contributed by atoms with E-state index < -0.39 is 0 Å². The Bertz CT molecular complexity index is 770. The molecule has 0 N–H and O–H groups in total. The van der Waals surface area contributed by atoms with Gasteiger partial charge in [0.2, 0.25) is 5.91 Å². The predicted octanol–water partition coefficient (Wildman–Crippen LogP) is 3.79. The molecule has 0 aliphatic carbocycles. The molecule has 1 unspecified atom stereocenters. The van der Waals surface area contributed by atoms with Crippen LogP contribution in [0.25, 0.3) is 0 Å². The highest BCUT2D eigenvalue weighted by molar-refractivity contribution is 5.97. The summed E-state index contributed by atoms with van der Waals surface area (Å²) in [5, 5.41) is 0. The van der Waals surface area contributed by atoms with Gasteiger partial charge in [-0.2, -0.15) is 0 Å². The summed E-state index contributed by atoms with van der Waals surface area (Å²) in [5.74, 6) is 0.244. The van der Waals surface area contributed by atoms with Gasteiger partial charge in [-0.05, 0) is 49.1 Å². The topological polar surface area (TPSA) is 40.6 Å². The number of carbonyl (C=O) groups is 2. The van der Waals surface area contributed by atoms with Crippen molar-refractivity contribution in [3.63, 3.8) is 0 Å². The van der Waals surface area contributed by atoms with E-state index in [-0.39, 0.29) is 17.9 Å². The average molecular weight is 334 g/mol. The molecule has 2 aromatic carbocycles. The first-order valence-electron chi connectivity index (χ1n) is 9.00. The monoisotopic (exact) mass is 334 g/mol. The Morgan fingerprint density at radius 3 is 2.36 bits per heavy atom. The van der Waals surface area contributed by atoms with Crippen LogP contribution in [0.2, 0.25) is 0 Å². The molecular weight excluding hydrogens is 312 g/mol. The molecule has 2 aliphatic heterocycles. The van der Waals surface area contributed by atoms with Gasteiger partial charge in [0.1, 0.15) is 0 Å². The lowest BCUT2D eigenvalue weighted by atomic mass is 10.0. The summed E-state index contributed by atoms with van der Waals surface area (Å²) in [4.78, 5) is 28.6. The standard InChI is InChI=1S/C21H22N2O2/c24-20-9-5-14-22(20)18-12-10-17(11-13-18)21(25)23-15-4-8-19(23)16-6-2-1-3-7-16/h1-3,6-7,10-13,19H,4-5,8-9,14-15H2. The van der Waals surface area contributed by atoms with Crippen molar-refractivity contribution in [3.8, 4) is 0 Å². The molecule has 2 amide bonds. The summed E-state index contributed by atoms with van der Waals surface area (Å²) in [5.41, 5.74) is 2.78. The first-order valence-corrected chi connectivity index (χ1v) is 9.00. The minimum absolute atomic E-state index is 0.0747. The molecule has 0 spiro atoms. The van der Waals surface area contributed by atoms with Gasteiger partial charge in [0.25, 0.3) is 5.91 Å². The van der Waals surface area contributed by atoms with Gasteiger partial charge in [0, 0.05) is 30.8 Å². The van der Waals surface area contributed by atoms with Gasteiger partial charge in [0.05, 0.1) is 6.04 Å². The Morgan fingerprint density at radius 2 is 1.68 bits per heavy atom. The Labute approximate surface area is 148 Å². The van der Waals surface area contributed by atoms with Crippen molar-refractivity contribution in [1.29, 1.82) is 0 Å². The van der Waals surface area contributed by atoms with Crippen LogP contribution in [0.15, 0.2) is 54.6 Å². The van der Waals surface area contributed by atoms with E-state index in [0.29, 0.717) is 12.0 Å². The highest BCUT2D eigenvalue weighted by Crippen LogP contribution is 2.33. The second-order valence-electron chi connectivity index (χ2n) is 6.76. The summed E-state index contributed by atoms with van der Waals surface area (Å²) in [6, 6.07) is 17.9. The van der Waals surface area contributed by atoms with Gasteiger partial charge in [-0.1, -0.05) is 30.3 Å². The average Bonchev–Trinajstić information content (AvgIpc) is 3.31. The lowest BCUT2D eigenvalue weighted by Gasteiger charge is -2.25. The van der Waals surface area contributed by atoms with E-state index in [9.17, 15) is 9.59 Å². The molecule has 2 fully saturated rings. The third-order valence-electron chi connectivity index (χ3n) is 5.20. The zero-order valence-corrected chi connectivity index (χ0v) is 14.2. The van der Waals surface area contributed by atoms with Crippen molar-refractivity contribution in [2.45, 2.75) is 31.7 Å². The molecule has 0 bridgehead atoms. The molecule has 1 atom stereocenters. The summed E-state index contributed by atoms with van der Waals surface area (Å²) in [7, 11) is 0. The number of carbonyl (C=O) groups excluding carboxylic acids is 2. The molecular formula is C21H22N2O2. The molecule has 128 valence electrons. The minimum Gasteiger partial charge on any atom is -0.332 e. The second kappa shape index (κ2) is 6.71. The van der Waals surface area contributed by atoms with E-state index in [4.69, 9.17) is 0 Å². The lowest BCUT2D eigenvalue weighted by Crippen LogP contribution is -2.30. The van der Waals surface area contributed by atoms with Crippen molar-refractivity contribution in [1.82, 2.24) is 4.90 Å². The zero-order chi connectivity index (χ0) is 17.2. The van der Waals surface area contributed by atoms with Crippen LogP contribution in [0.4, 0.5) is 5.69 Å². The van der Waals surface area contributed by atoms with Crippen molar-refractivity contribution in [2.75, 3.05) is 18.0 Å². The van der Waals surface area contributed by atoms with Crippen molar-refractivity contribution >= 4 is 17.5 Å². The fourth-order valence-electron chi connectivity index (χ4n) is 3.90. The van der Waals surface area contributed by atoms with Gasteiger partial charge < -0.3 is 9.80 Å². The number of anilines is 1. The SMILES string of the molecule is O=C1CCCN1c1ccc(C(=O)N2CCCC2c2ccccc2)cc1. The van der Waals surface area contributed by atoms with E-state index in [0.717, 1.165) is 38.0 Å². The predicted molar refractivity (Wildman–Crippen MR) is 97.5 cm³/mol. The van der Waals surface area contributed by atoms with Gasteiger partial charge in [-0.15, -0.1) is 0 Å². The van der Waals surface area contributed by atoms with Crippen LogP contribution in [-0.4, -0.2) is 29.8 Å². The normalized spacial score (nSPS) is 20.3. The molecule has 2 heterocycles. The third kappa shape index (κ3) is 3.04. The smallest absolute Gasteiger partial charge is 0.254 e. The summed E-state index contributed by atoms with van der Waals surface area (Å²) in [6.45, 7) is 1.57. The molecule has 0 radical (unpaired) electrons.